The van der Waals surface area contributed by atoms with Crippen LogP contribution in [0.25, 0.3) is 0 Å². The summed E-state index contributed by atoms with van der Waals surface area (Å²) in [5.74, 6) is 0.477. The molecule has 1 aromatic carbocycles. The monoisotopic (exact) mass is 321 g/mol. The van der Waals surface area contributed by atoms with Crippen molar-refractivity contribution in [2.75, 3.05) is 33.9 Å². The fourth-order valence-corrected chi connectivity index (χ4v) is 2.04. The fourth-order valence-electron chi connectivity index (χ4n) is 2.04. The van der Waals surface area contributed by atoms with Crippen LogP contribution in [0.5, 0.6) is 11.5 Å². The Balaban J connectivity index is 2.88. The maximum Gasteiger partial charge on any atom is 0.307 e. The normalized spacial score (nSPS) is 9.87. The quantitative estimate of drug-likeness (QED) is 0.516. The molecule has 0 saturated carbocycles. The third-order valence-electron chi connectivity index (χ3n) is 3.16. The molecule has 0 N–H and O–H groups in total. The second-order valence-corrected chi connectivity index (χ2v) is 4.66. The van der Waals surface area contributed by atoms with E-state index in [0.29, 0.717) is 30.2 Å². The molecular weight excluding hydrogens is 298 g/mol. The third-order valence-corrected chi connectivity index (χ3v) is 3.16. The zero-order chi connectivity index (χ0) is 17.2. The summed E-state index contributed by atoms with van der Waals surface area (Å²) in [4.78, 5) is 25.6. The maximum absolute atomic E-state index is 12.6. The van der Waals surface area contributed by atoms with Gasteiger partial charge in [0.15, 0.2) is 11.5 Å². The molecule has 0 heterocycles. The average molecular weight is 321 g/mol. The predicted molar refractivity (Wildman–Crippen MR) is 86.9 cm³/mol. The lowest BCUT2D eigenvalue weighted by atomic mass is 10.1. The van der Waals surface area contributed by atoms with E-state index in [-0.39, 0.29) is 24.8 Å². The Labute approximate surface area is 136 Å². The SMILES string of the molecule is C=CCN(CCC(=O)OCC)C(=O)c1ccc(OC)c(OC)c1. The summed E-state index contributed by atoms with van der Waals surface area (Å²) in [5.41, 5.74) is 0.452. The van der Waals surface area contributed by atoms with Crippen LogP contribution >= 0.6 is 0 Å². The first-order valence-corrected chi connectivity index (χ1v) is 7.35. The Bertz CT molecular complexity index is 556. The molecule has 0 aliphatic rings. The van der Waals surface area contributed by atoms with Crippen LogP contribution in [0.2, 0.25) is 0 Å². The van der Waals surface area contributed by atoms with Gasteiger partial charge in [-0.05, 0) is 25.1 Å². The van der Waals surface area contributed by atoms with Crippen molar-refractivity contribution < 1.29 is 23.8 Å². The fraction of sp³-hybridized carbons (Fsp3) is 0.412. The molecule has 0 aliphatic heterocycles. The predicted octanol–water partition coefficient (Wildman–Crippen LogP) is 2.29. The molecular formula is C17H23NO5. The van der Waals surface area contributed by atoms with E-state index in [2.05, 4.69) is 6.58 Å². The molecule has 6 heteroatoms. The van der Waals surface area contributed by atoms with E-state index < -0.39 is 0 Å². The number of ether oxygens (including phenoxy) is 3. The molecule has 0 saturated heterocycles. The first-order valence-electron chi connectivity index (χ1n) is 7.35. The van der Waals surface area contributed by atoms with Crippen LogP contribution in [0.1, 0.15) is 23.7 Å². The largest absolute Gasteiger partial charge is 0.493 e. The van der Waals surface area contributed by atoms with Gasteiger partial charge in [-0.15, -0.1) is 6.58 Å². The zero-order valence-corrected chi connectivity index (χ0v) is 13.8. The lowest BCUT2D eigenvalue weighted by Gasteiger charge is -2.21. The van der Waals surface area contributed by atoms with Gasteiger partial charge in [0.05, 0.1) is 27.2 Å². The van der Waals surface area contributed by atoms with Crippen LogP contribution in [-0.4, -0.2) is 50.7 Å². The molecule has 0 radical (unpaired) electrons. The van der Waals surface area contributed by atoms with Crippen LogP contribution in [0.3, 0.4) is 0 Å². The minimum absolute atomic E-state index is 0.140. The van der Waals surface area contributed by atoms with Gasteiger partial charge in [0.25, 0.3) is 5.91 Å². The summed E-state index contributed by atoms with van der Waals surface area (Å²) in [6.45, 7) is 6.32. The van der Waals surface area contributed by atoms with Gasteiger partial charge in [0, 0.05) is 18.7 Å². The van der Waals surface area contributed by atoms with Gasteiger partial charge in [-0.2, -0.15) is 0 Å². The summed E-state index contributed by atoms with van der Waals surface area (Å²) < 4.78 is 15.2. The average Bonchev–Trinajstić information content (AvgIpc) is 2.57. The first-order chi connectivity index (χ1) is 11.1. The zero-order valence-electron chi connectivity index (χ0n) is 13.8. The number of carbonyl (C=O) groups excluding carboxylic acids is 2. The van der Waals surface area contributed by atoms with Crippen LogP contribution in [0, 0.1) is 0 Å². The number of hydrogen-bond donors (Lipinski definition) is 0. The van der Waals surface area contributed by atoms with E-state index in [0.717, 1.165) is 0 Å². The molecule has 1 aromatic rings. The lowest BCUT2D eigenvalue weighted by Crippen LogP contribution is -2.33. The number of amides is 1. The molecule has 126 valence electrons. The van der Waals surface area contributed by atoms with Gasteiger partial charge in [-0.3, -0.25) is 9.59 Å². The molecule has 0 fully saturated rings. The number of hydrogen-bond acceptors (Lipinski definition) is 5. The minimum atomic E-state index is -0.332. The molecule has 0 aromatic heterocycles. The van der Waals surface area contributed by atoms with E-state index in [9.17, 15) is 9.59 Å². The van der Waals surface area contributed by atoms with E-state index in [1.807, 2.05) is 0 Å². The standard InChI is InChI=1S/C17H23NO5/c1-5-10-18(11-9-16(19)23-6-2)17(20)13-7-8-14(21-3)15(12-13)22-4/h5,7-8,12H,1,6,9-11H2,2-4H3. The lowest BCUT2D eigenvalue weighted by molar-refractivity contribution is -0.143. The molecule has 0 atom stereocenters. The second-order valence-electron chi connectivity index (χ2n) is 4.66. The van der Waals surface area contributed by atoms with Crippen molar-refractivity contribution in [2.45, 2.75) is 13.3 Å². The van der Waals surface area contributed by atoms with Crippen molar-refractivity contribution in [3.63, 3.8) is 0 Å². The Morgan fingerprint density at radius 3 is 2.48 bits per heavy atom. The smallest absolute Gasteiger partial charge is 0.307 e. The van der Waals surface area contributed by atoms with Gasteiger partial charge in [-0.1, -0.05) is 6.08 Å². The van der Waals surface area contributed by atoms with Crippen molar-refractivity contribution >= 4 is 11.9 Å². The summed E-state index contributed by atoms with van der Waals surface area (Å²) in [6, 6.07) is 4.94. The Morgan fingerprint density at radius 2 is 1.91 bits per heavy atom. The minimum Gasteiger partial charge on any atom is -0.493 e. The van der Waals surface area contributed by atoms with Crippen LogP contribution in [0.4, 0.5) is 0 Å². The molecule has 23 heavy (non-hydrogen) atoms. The number of rotatable bonds is 9. The first kappa shape index (κ1) is 18.5. The van der Waals surface area contributed by atoms with Crippen LogP contribution in [0.15, 0.2) is 30.9 Å². The number of methoxy groups -OCH3 is 2. The Morgan fingerprint density at radius 1 is 1.22 bits per heavy atom. The van der Waals surface area contributed by atoms with E-state index in [1.54, 1.807) is 31.2 Å². The van der Waals surface area contributed by atoms with Gasteiger partial charge in [-0.25, -0.2) is 0 Å². The molecule has 0 unspecified atom stereocenters. The highest BCUT2D eigenvalue weighted by atomic mass is 16.5. The van der Waals surface area contributed by atoms with Crippen molar-refractivity contribution in [2.24, 2.45) is 0 Å². The maximum atomic E-state index is 12.6. The summed E-state index contributed by atoms with van der Waals surface area (Å²) in [5, 5.41) is 0. The van der Waals surface area contributed by atoms with Crippen molar-refractivity contribution in [1.82, 2.24) is 4.90 Å². The number of esters is 1. The van der Waals surface area contributed by atoms with Gasteiger partial charge >= 0.3 is 5.97 Å². The third kappa shape index (κ3) is 5.32. The molecule has 1 rings (SSSR count). The molecule has 0 bridgehead atoms. The van der Waals surface area contributed by atoms with E-state index in [1.165, 1.54) is 19.1 Å². The van der Waals surface area contributed by atoms with Crippen molar-refractivity contribution in [3.05, 3.63) is 36.4 Å². The van der Waals surface area contributed by atoms with E-state index >= 15 is 0 Å². The van der Waals surface area contributed by atoms with Crippen LogP contribution < -0.4 is 9.47 Å². The Hall–Kier alpha value is -2.50. The summed E-state index contributed by atoms with van der Waals surface area (Å²) in [6.07, 6.45) is 1.75. The van der Waals surface area contributed by atoms with E-state index in [4.69, 9.17) is 14.2 Å². The van der Waals surface area contributed by atoms with Crippen molar-refractivity contribution in [3.8, 4) is 11.5 Å². The highest BCUT2D eigenvalue weighted by Crippen LogP contribution is 2.28. The van der Waals surface area contributed by atoms with Crippen molar-refractivity contribution in [1.29, 1.82) is 0 Å². The van der Waals surface area contributed by atoms with Crippen LogP contribution in [-0.2, 0) is 9.53 Å². The highest BCUT2D eigenvalue weighted by Gasteiger charge is 2.18. The Kier molecular flexibility index (Phi) is 7.66. The molecule has 6 nitrogen and oxygen atoms in total. The van der Waals surface area contributed by atoms with Gasteiger partial charge in [0.2, 0.25) is 0 Å². The molecule has 1 amide bonds. The number of benzene rings is 1. The second kappa shape index (κ2) is 9.50. The topological polar surface area (TPSA) is 65.1 Å². The van der Waals surface area contributed by atoms with Gasteiger partial charge in [0.1, 0.15) is 0 Å². The molecule has 0 spiro atoms. The highest BCUT2D eigenvalue weighted by molar-refractivity contribution is 5.95. The molecule has 0 aliphatic carbocycles. The summed E-state index contributed by atoms with van der Waals surface area (Å²) >= 11 is 0. The summed E-state index contributed by atoms with van der Waals surface area (Å²) in [7, 11) is 3.04. The number of nitrogens with zero attached hydrogens (tertiary/aromatic N) is 1. The van der Waals surface area contributed by atoms with Gasteiger partial charge < -0.3 is 19.1 Å². The number of carbonyl (C=O) groups is 2.